The molecule has 5 atom stereocenters. The lowest BCUT2D eigenvalue weighted by Crippen LogP contribution is -2.64. The van der Waals surface area contributed by atoms with Crippen molar-refractivity contribution in [2.24, 2.45) is 0 Å². The Morgan fingerprint density at radius 2 is 1.36 bits per heavy atom. The Hall–Kier alpha value is 0.194. The van der Waals surface area contributed by atoms with Crippen LogP contribution in [0.4, 0.5) is 0 Å². The number of methoxy groups -OCH3 is 2. The van der Waals surface area contributed by atoms with Gasteiger partial charge in [-0.2, -0.15) is 0 Å². The summed E-state index contributed by atoms with van der Waals surface area (Å²) in [6.07, 6.45) is -2.67. The Bertz CT molecular complexity index is 341. The molecule has 0 aromatic heterocycles. The minimum Gasteiger partial charge on any atom is -0.409 e. The van der Waals surface area contributed by atoms with Crippen molar-refractivity contribution < 1.29 is 28.2 Å². The highest BCUT2D eigenvalue weighted by molar-refractivity contribution is 6.70. The molecule has 1 aliphatic heterocycles. The molecule has 132 valence electrons. The van der Waals surface area contributed by atoms with Gasteiger partial charge in [0.2, 0.25) is 0 Å². The molecule has 1 rings (SSSR count). The van der Waals surface area contributed by atoms with Crippen molar-refractivity contribution in [1.82, 2.24) is 0 Å². The van der Waals surface area contributed by atoms with E-state index in [1.54, 1.807) is 14.2 Å². The van der Waals surface area contributed by atoms with E-state index in [2.05, 4.69) is 39.3 Å². The maximum atomic E-state index is 10.4. The van der Waals surface area contributed by atoms with E-state index >= 15 is 0 Å². The van der Waals surface area contributed by atoms with Gasteiger partial charge < -0.3 is 28.2 Å². The molecule has 0 radical (unpaired) electrons. The zero-order chi connectivity index (χ0) is 17.1. The van der Waals surface area contributed by atoms with Gasteiger partial charge in [0.1, 0.15) is 24.4 Å². The maximum Gasteiger partial charge on any atom is 0.184 e. The van der Waals surface area contributed by atoms with E-state index in [-0.39, 0.29) is 18.3 Å². The molecule has 8 heteroatoms. The highest BCUT2D eigenvalue weighted by atomic mass is 28.4. The van der Waals surface area contributed by atoms with Gasteiger partial charge in [0, 0.05) is 14.2 Å². The third kappa shape index (κ3) is 6.01. The molecular weight excluding hydrogens is 320 g/mol. The third-order valence-electron chi connectivity index (χ3n) is 3.19. The number of ether oxygens (including phenoxy) is 3. The predicted molar refractivity (Wildman–Crippen MR) is 90.0 cm³/mol. The van der Waals surface area contributed by atoms with Gasteiger partial charge in [0.25, 0.3) is 0 Å². The zero-order valence-electron chi connectivity index (χ0n) is 15.1. The molecule has 0 bridgehead atoms. The summed E-state index contributed by atoms with van der Waals surface area (Å²) in [4.78, 5) is 0. The van der Waals surface area contributed by atoms with E-state index < -0.39 is 29.0 Å². The summed E-state index contributed by atoms with van der Waals surface area (Å²) >= 11 is 0. The fourth-order valence-electron chi connectivity index (χ4n) is 2.55. The van der Waals surface area contributed by atoms with Crippen molar-refractivity contribution in [3.05, 3.63) is 0 Å². The first-order valence-corrected chi connectivity index (χ1v) is 14.5. The van der Waals surface area contributed by atoms with E-state index in [9.17, 15) is 5.11 Å². The topological polar surface area (TPSA) is 66.4 Å². The van der Waals surface area contributed by atoms with Crippen LogP contribution < -0.4 is 0 Å². The second-order valence-corrected chi connectivity index (χ2v) is 16.5. The third-order valence-corrected chi connectivity index (χ3v) is 5.15. The molecule has 22 heavy (non-hydrogen) atoms. The van der Waals surface area contributed by atoms with Crippen molar-refractivity contribution in [3.63, 3.8) is 0 Å². The molecule has 1 unspecified atom stereocenters. The number of aliphatic hydroxyl groups is 1. The summed E-state index contributed by atoms with van der Waals surface area (Å²) in [5, 5.41) is 10.4. The van der Waals surface area contributed by atoms with E-state index in [0.29, 0.717) is 6.61 Å². The molecule has 1 saturated heterocycles. The lowest BCUT2D eigenvalue weighted by atomic mass is 9.99. The Balaban J connectivity index is 3.06. The highest BCUT2D eigenvalue weighted by Gasteiger charge is 2.49. The van der Waals surface area contributed by atoms with Crippen LogP contribution in [0.5, 0.6) is 0 Å². The SMILES string of the molecule is COC[C@H]1OC(O)[C@H](O[Si](C)(C)C)[C@@H](O[Si](C)(C)C)[C@@H]1OC. The summed E-state index contributed by atoms with van der Waals surface area (Å²) in [7, 11) is -0.508. The van der Waals surface area contributed by atoms with E-state index in [4.69, 9.17) is 23.1 Å². The summed E-state index contributed by atoms with van der Waals surface area (Å²) < 4.78 is 28.9. The van der Waals surface area contributed by atoms with Crippen LogP contribution in [0.3, 0.4) is 0 Å². The molecule has 0 saturated carbocycles. The van der Waals surface area contributed by atoms with Crippen molar-refractivity contribution in [2.75, 3.05) is 20.8 Å². The fourth-order valence-corrected chi connectivity index (χ4v) is 4.71. The minimum absolute atomic E-state index is 0.334. The predicted octanol–water partition coefficient (Wildman–Crippen LogP) is 1.81. The molecule has 1 aliphatic rings. The lowest BCUT2D eigenvalue weighted by molar-refractivity contribution is -0.284. The molecule has 1 N–H and O–H groups in total. The monoisotopic (exact) mass is 352 g/mol. The normalized spacial score (nSPS) is 34.0. The average Bonchev–Trinajstić information content (AvgIpc) is 2.31. The maximum absolute atomic E-state index is 10.4. The zero-order valence-corrected chi connectivity index (χ0v) is 17.1. The smallest absolute Gasteiger partial charge is 0.184 e. The Labute approximate surface area is 136 Å². The van der Waals surface area contributed by atoms with Gasteiger partial charge in [-0.05, 0) is 39.3 Å². The summed E-state index contributed by atoms with van der Waals surface area (Å²) in [5.41, 5.74) is 0. The minimum atomic E-state index is -1.88. The second kappa shape index (κ2) is 7.84. The summed E-state index contributed by atoms with van der Waals surface area (Å²) in [5.74, 6) is 0. The van der Waals surface area contributed by atoms with Crippen molar-refractivity contribution in [2.45, 2.75) is 70.0 Å². The molecule has 0 spiro atoms. The standard InChI is InChI=1S/C14H32O6Si2/c1-16-9-10-11(17-2)12(19-21(3,4)5)13(14(15)18-10)20-22(6,7)8/h10-15H,9H2,1-8H3/t10-,11-,12+,13-,14?/m1/s1. The van der Waals surface area contributed by atoms with Crippen LogP contribution in [-0.4, -0.2) is 73.3 Å². The van der Waals surface area contributed by atoms with E-state index in [1.165, 1.54) is 0 Å². The van der Waals surface area contributed by atoms with Gasteiger partial charge in [0.15, 0.2) is 22.9 Å². The molecule has 1 heterocycles. The Kier molecular flexibility index (Phi) is 7.22. The average molecular weight is 353 g/mol. The van der Waals surface area contributed by atoms with E-state index in [1.807, 2.05) is 0 Å². The Morgan fingerprint density at radius 3 is 1.77 bits per heavy atom. The number of hydrogen-bond donors (Lipinski definition) is 1. The van der Waals surface area contributed by atoms with Gasteiger partial charge in [0.05, 0.1) is 6.61 Å². The van der Waals surface area contributed by atoms with Crippen LogP contribution in [0.25, 0.3) is 0 Å². The lowest BCUT2D eigenvalue weighted by Gasteiger charge is -2.47. The molecule has 0 aromatic rings. The molecular formula is C14H32O6Si2. The molecule has 6 nitrogen and oxygen atoms in total. The van der Waals surface area contributed by atoms with Gasteiger partial charge in [-0.15, -0.1) is 0 Å². The molecule has 0 amide bonds. The largest absolute Gasteiger partial charge is 0.409 e. The number of hydrogen-bond acceptors (Lipinski definition) is 6. The molecule has 0 aliphatic carbocycles. The first kappa shape index (κ1) is 20.2. The van der Waals surface area contributed by atoms with Crippen LogP contribution in [0.1, 0.15) is 0 Å². The van der Waals surface area contributed by atoms with Gasteiger partial charge >= 0.3 is 0 Å². The van der Waals surface area contributed by atoms with Crippen LogP contribution in [0, 0.1) is 0 Å². The molecule has 1 fully saturated rings. The van der Waals surface area contributed by atoms with Crippen LogP contribution >= 0.6 is 0 Å². The van der Waals surface area contributed by atoms with Gasteiger partial charge in [-0.25, -0.2) is 0 Å². The first-order valence-electron chi connectivity index (χ1n) is 7.69. The van der Waals surface area contributed by atoms with Crippen molar-refractivity contribution >= 4 is 16.6 Å². The van der Waals surface area contributed by atoms with Gasteiger partial charge in [-0.3, -0.25) is 0 Å². The van der Waals surface area contributed by atoms with Crippen LogP contribution in [0.15, 0.2) is 0 Å². The Morgan fingerprint density at radius 1 is 0.864 bits per heavy atom. The summed E-state index contributed by atoms with van der Waals surface area (Å²) in [6.45, 7) is 12.9. The van der Waals surface area contributed by atoms with Crippen molar-refractivity contribution in [3.8, 4) is 0 Å². The number of rotatable bonds is 7. The van der Waals surface area contributed by atoms with Crippen LogP contribution in [0.2, 0.25) is 39.3 Å². The van der Waals surface area contributed by atoms with Gasteiger partial charge in [-0.1, -0.05) is 0 Å². The quantitative estimate of drug-likeness (QED) is 0.705. The second-order valence-electron chi connectivity index (χ2n) is 7.61. The van der Waals surface area contributed by atoms with Crippen LogP contribution in [-0.2, 0) is 23.1 Å². The first-order chi connectivity index (χ1) is 9.98. The molecule has 0 aromatic carbocycles. The van der Waals surface area contributed by atoms with Crippen molar-refractivity contribution in [1.29, 1.82) is 0 Å². The fraction of sp³-hybridized carbons (Fsp3) is 1.00. The highest BCUT2D eigenvalue weighted by Crippen LogP contribution is 2.30. The number of aliphatic hydroxyl groups excluding tert-OH is 1. The van der Waals surface area contributed by atoms with E-state index in [0.717, 1.165) is 0 Å². The summed E-state index contributed by atoms with van der Waals surface area (Å²) in [6, 6.07) is 0.